The summed E-state index contributed by atoms with van der Waals surface area (Å²) in [4.78, 5) is 15.8. The van der Waals surface area contributed by atoms with E-state index >= 15 is 0 Å². The van der Waals surface area contributed by atoms with Crippen molar-refractivity contribution >= 4 is 11.9 Å². The number of aliphatic imine (C=N–C) groups is 1. The van der Waals surface area contributed by atoms with Gasteiger partial charge in [-0.05, 0) is 36.8 Å². The van der Waals surface area contributed by atoms with Crippen LogP contribution in [-0.2, 0) is 11.3 Å². The van der Waals surface area contributed by atoms with Crippen molar-refractivity contribution in [1.82, 2.24) is 10.6 Å². The smallest absolute Gasteiger partial charge is 0.338 e. The third kappa shape index (κ3) is 6.47. The molecule has 0 saturated carbocycles. The summed E-state index contributed by atoms with van der Waals surface area (Å²) < 4.78 is 10.6. The van der Waals surface area contributed by atoms with E-state index in [9.17, 15) is 4.79 Å². The van der Waals surface area contributed by atoms with Crippen LogP contribution in [0.2, 0.25) is 0 Å². The zero-order valence-electron chi connectivity index (χ0n) is 15.2. The van der Waals surface area contributed by atoms with Gasteiger partial charge >= 0.3 is 5.97 Å². The monoisotopic (exact) mass is 355 g/mol. The van der Waals surface area contributed by atoms with Crippen LogP contribution < -0.4 is 15.4 Å². The summed E-state index contributed by atoms with van der Waals surface area (Å²) in [5, 5.41) is 6.42. The highest BCUT2D eigenvalue weighted by molar-refractivity contribution is 5.89. The summed E-state index contributed by atoms with van der Waals surface area (Å²) in [6.45, 7) is 3.94. The molecule has 26 heavy (non-hydrogen) atoms. The van der Waals surface area contributed by atoms with E-state index in [0.717, 1.165) is 11.3 Å². The first-order valence-electron chi connectivity index (χ1n) is 8.61. The van der Waals surface area contributed by atoms with Gasteiger partial charge < -0.3 is 20.1 Å². The number of hydrogen-bond acceptors (Lipinski definition) is 4. The van der Waals surface area contributed by atoms with Gasteiger partial charge in [0.2, 0.25) is 0 Å². The highest BCUT2D eigenvalue weighted by Crippen LogP contribution is 2.07. The molecular formula is C20H25N3O3. The number of para-hydroxylation sites is 1. The average molecular weight is 355 g/mol. The molecule has 0 aromatic heterocycles. The third-order valence-corrected chi connectivity index (χ3v) is 3.56. The molecule has 0 amide bonds. The van der Waals surface area contributed by atoms with Gasteiger partial charge in [0.05, 0.1) is 18.7 Å². The number of nitrogens with zero attached hydrogens (tertiary/aromatic N) is 1. The van der Waals surface area contributed by atoms with E-state index in [-0.39, 0.29) is 5.97 Å². The molecule has 138 valence electrons. The molecule has 0 unspecified atom stereocenters. The highest BCUT2D eigenvalue weighted by Gasteiger charge is 2.05. The molecule has 2 aromatic carbocycles. The number of nitrogens with one attached hydrogen (secondary N) is 2. The lowest BCUT2D eigenvalue weighted by Crippen LogP contribution is -2.38. The number of guanidine groups is 1. The first kappa shape index (κ1) is 19.3. The minimum atomic E-state index is -0.303. The standard InChI is InChI=1S/C20H25N3O3/c1-3-25-19(24)17-11-9-16(10-12-17)15-23-20(21-2)22-13-14-26-18-7-5-4-6-8-18/h4-12H,3,13-15H2,1-2H3,(H2,21,22,23). The lowest BCUT2D eigenvalue weighted by atomic mass is 10.1. The van der Waals surface area contributed by atoms with Crippen molar-refractivity contribution < 1.29 is 14.3 Å². The molecule has 0 aliphatic rings. The van der Waals surface area contributed by atoms with Crippen LogP contribution in [0.4, 0.5) is 0 Å². The summed E-state index contributed by atoms with van der Waals surface area (Å²) in [6.07, 6.45) is 0. The van der Waals surface area contributed by atoms with Gasteiger partial charge in [0, 0.05) is 13.6 Å². The third-order valence-electron chi connectivity index (χ3n) is 3.56. The lowest BCUT2D eigenvalue weighted by molar-refractivity contribution is 0.0526. The van der Waals surface area contributed by atoms with Crippen LogP contribution in [0.15, 0.2) is 59.6 Å². The van der Waals surface area contributed by atoms with Gasteiger partial charge in [-0.25, -0.2) is 4.79 Å². The number of hydrogen-bond donors (Lipinski definition) is 2. The molecule has 0 aliphatic heterocycles. The first-order chi connectivity index (χ1) is 12.7. The van der Waals surface area contributed by atoms with Gasteiger partial charge in [0.25, 0.3) is 0 Å². The highest BCUT2D eigenvalue weighted by atomic mass is 16.5. The average Bonchev–Trinajstić information content (AvgIpc) is 2.69. The largest absolute Gasteiger partial charge is 0.492 e. The normalized spacial score (nSPS) is 10.9. The van der Waals surface area contributed by atoms with E-state index in [2.05, 4.69) is 15.6 Å². The molecule has 0 saturated heterocycles. The van der Waals surface area contributed by atoms with E-state index in [1.54, 1.807) is 26.1 Å². The predicted octanol–water partition coefficient (Wildman–Crippen LogP) is 2.61. The minimum Gasteiger partial charge on any atom is -0.492 e. The molecule has 0 spiro atoms. The van der Waals surface area contributed by atoms with Gasteiger partial charge in [-0.1, -0.05) is 30.3 Å². The van der Waals surface area contributed by atoms with Gasteiger partial charge in [0.15, 0.2) is 5.96 Å². The summed E-state index contributed by atoms with van der Waals surface area (Å²) in [5.41, 5.74) is 1.60. The Hall–Kier alpha value is -3.02. The molecular weight excluding hydrogens is 330 g/mol. The molecule has 0 radical (unpaired) electrons. The van der Waals surface area contributed by atoms with E-state index in [0.29, 0.717) is 37.8 Å². The molecule has 0 bridgehead atoms. The van der Waals surface area contributed by atoms with Gasteiger partial charge in [-0.15, -0.1) is 0 Å². The lowest BCUT2D eigenvalue weighted by Gasteiger charge is -2.13. The predicted molar refractivity (Wildman–Crippen MR) is 103 cm³/mol. The molecule has 2 aromatic rings. The fourth-order valence-corrected chi connectivity index (χ4v) is 2.23. The van der Waals surface area contributed by atoms with Crippen LogP contribution in [0.1, 0.15) is 22.8 Å². The zero-order valence-corrected chi connectivity index (χ0v) is 15.2. The summed E-state index contributed by atoms with van der Waals surface area (Å²) in [6, 6.07) is 17.0. The number of benzene rings is 2. The van der Waals surface area contributed by atoms with Crippen molar-refractivity contribution in [2.24, 2.45) is 4.99 Å². The minimum absolute atomic E-state index is 0.303. The Balaban J connectivity index is 1.72. The fourth-order valence-electron chi connectivity index (χ4n) is 2.23. The second-order valence-corrected chi connectivity index (χ2v) is 5.43. The van der Waals surface area contributed by atoms with Crippen molar-refractivity contribution in [3.05, 3.63) is 65.7 Å². The van der Waals surface area contributed by atoms with Crippen LogP contribution in [0, 0.1) is 0 Å². The number of ether oxygens (including phenoxy) is 2. The Morgan fingerprint density at radius 2 is 1.77 bits per heavy atom. The van der Waals surface area contributed by atoms with Crippen molar-refractivity contribution in [2.75, 3.05) is 26.8 Å². The van der Waals surface area contributed by atoms with E-state index in [4.69, 9.17) is 9.47 Å². The van der Waals surface area contributed by atoms with Gasteiger partial charge in [0.1, 0.15) is 12.4 Å². The van der Waals surface area contributed by atoms with Crippen molar-refractivity contribution in [3.8, 4) is 5.75 Å². The van der Waals surface area contributed by atoms with E-state index < -0.39 is 0 Å². The Labute approximate surface area is 154 Å². The number of carbonyl (C=O) groups excluding carboxylic acids is 1. The Morgan fingerprint density at radius 3 is 2.42 bits per heavy atom. The van der Waals surface area contributed by atoms with Crippen LogP contribution in [0.3, 0.4) is 0 Å². The summed E-state index contributed by atoms with van der Waals surface area (Å²) in [5.74, 6) is 1.23. The van der Waals surface area contributed by atoms with Crippen LogP contribution >= 0.6 is 0 Å². The molecule has 6 heteroatoms. The van der Waals surface area contributed by atoms with Crippen molar-refractivity contribution in [2.45, 2.75) is 13.5 Å². The SMILES string of the molecule is CCOC(=O)c1ccc(CNC(=NC)NCCOc2ccccc2)cc1. The van der Waals surface area contributed by atoms with Crippen molar-refractivity contribution in [1.29, 1.82) is 0 Å². The second-order valence-electron chi connectivity index (χ2n) is 5.43. The maximum atomic E-state index is 11.6. The number of rotatable bonds is 8. The molecule has 0 aliphatic carbocycles. The molecule has 2 rings (SSSR count). The summed E-state index contributed by atoms with van der Waals surface area (Å²) >= 11 is 0. The quantitative estimate of drug-likeness (QED) is 0.330. The van der Waals surface area contributed by atoms with Crippen LogP contribution in [0.5, 0.6) is 5.75 Å². The maximum Gasteiger partial charge on any atom is 0.338 e. The zero-order chi connectivity index (χ0) is 18.6. The Kier molecular flexibility index (Phi) is 7.99. The molecule has 0 fully saturated rings. The Bertz CT molecular complexity index is 700. The van der Waals surface area contributed by atoms with E-state index in [1.807, 2.05) is 42.5 Å². The number of esters is 1. The van der Waals surface area contributed by atoms with Gasteiger partial charge in [-0.3, -0.25) is 4.99 Å². The molecule has 2 N–H and O–H groups in total. The van der Waals surface area contributed by atoms with Crippen molar-refractivity contribution in [3.63, 3.8) is 0 Å². The van der Waals surface area contributed by atoms with Gasteiger partial charge in [-0.2, -0.15) is 0 Å². The number of carbonyl (C=O) groups is 1. The first-order valence-corrected chi connectivity index (χ1v) is 8.61. The second kappa shape index (κ2) is 10.8. The van der Waals surface area contributed by atoms with Crippen LogP contribution in [-0.4, -0.2) is 38.7 Å². The summed E-state index contributed by atoms with van der Waals surface area (Å²) in [7, 11) is 1.72. The maximum absolute atomic E-state index is 11.6. The molecule has 0 atom stereocenters. The topological polar surface area (TPSA) is 72.0 Å². The van der Waals surface area contributed by atoms with Crippen LogP contribution in [0.25, 0.3) is 0 Å². The fraction of sp³-hybridized carbons (Fsp3) is 0.300. The molecule has 0 heterocycles. The van der Waals surface area contributed by atoms with E-state index in [1.165, 1.54) is 0 Å². The Morgan fingerprint density at radius 1 is 1.04 bits per heavy atom. The molecule has 6 nitrogen and oxygen atoms in total.